The topological polar surface area (TPSA) is 49.3 Å². The van der Waals surface area contributed by atoms with E-state index < -0.39 is 0 Å². The zero-order valence-corrected chi connectivity index (χ0v) is 12.4. The third-order valence-corrected chi connectivity index (χ3v) is 3.87. The lowest BCUT2D eigenvalue weighted by Gasteiger charge is -2.20. The quantitative estimate of drug-likeness (QED) is 0.836. The fourth-order valence-corrected chi connectivity index (χ4v) is 2.62. The minimum Gasteiger partial charge on any atom is -0.395 e. The van der Waals surface area contributed by atoms with Crippen LogP contribution < -0.4 is 5.32 Å². The van der Waals surface area contributed by atoms with E-state index in [4.69, 9.17) is 5.11 Å². The molecule has 2 N–H and O–H groups in total. The average molecular weight is 285 g/mol. The van der Waals surface area contributed by atoms with Gasteiger partial charge in [-0.1, -0.05) is 43.2 Å². The van der Waals surface area contributed by atoms with Gasteiger partial charge in [-0.15, -0.1) is 0 Å². The van der Waals surface area contributed by atoms with Crippen LogP contribution in [0.25, 0.3) is 0 Å². The first-order valence-electron chi connectivity index (χ1n) is 7.76. The molecule has 1 aromatic carbocycles. The number of rotatable bonds is 4. The number of aliphatic hydroxyl groups is 1. The number of hydrogen-bond donors (Lipinski definition) is 2. The smallest absolute Gasteiger partial charge is 0.223 e. The average Bonchev–Trinajstić information content (AvgIpc) is 2.55. The Labute approximate surface area is 126 Å². The molecular formula is C18H23NO2. The standard InChI is InChI=1S/C18H23NO2/c20-13-5-4-6-15-9-11-16(12-10-15)14-19-18(21)17-7-2-1-3-8-17/h9-12,17,20H,1-3,5,7-8,13-14H2,(H,19,21). The second kappa shape index (κ2) is 8.49. The van der Waals surface area contributed by atoms with E-state index >= 15 is 0 Å². The highest BCUT2D eigenvalue weighted by atomic mass is 16.2. The third kappa shape index (κ3) is 5.24. The highest BCUT2D eigenvalue weighted by Gasteiger charge is 2.20. The van der Waals surface area contributed by atoms with Gasteiger partial charge in [0, 0.05) is 24.4 Å². The van der Waals surface area contributed by atoms with Crippen LogP contribution in [-0.2, 0) is 11.3 Å². The second-order valence-electron chi connectivity index (χ2n) is 5.53. The number of hydrogen-bond acceptors (Lipinski definition) is 2. The maximum absolute atomic E-state index is 12.1. The van der Waals surface area contributed by atoms with Gasteiger partial charge in [-0.05, 0) is 30.5 Å². The van der Waals surface area contributed by atoms with Crippen LogP contribution in [0.2, 0.25) is 0 Å². The molecule has 1 aromatic rings. The predicted octanol–water partition coefficient (Wildman–Crippen LogP) is 2.62. The van der Waals surface area contributed by atoms with E-state index in [1.165, 1.54) is 19.3 Å². The SMILES string of the molecule is O=C(NCc1ccc(C#CCCO)cc1)C1CCCCC1. The summed E-state index contributed by atoms with van der Waals surface area (Å²) < 4.78 is 0. The normalized spacial score (nSPS) is 15.1. The summed E-state index contributed by atoms with van der Waals surface area (Å²) >= 11 is 0. The molecule has 0 aromatic heterocycles. The lowest BCUT2D eigenvalue weighted by molar-refractivity contribution is -0.126. The Morgan fingerprint density at radius 3 is 2.57 bits per heavy atom. The first-order valence-corrected chi connectivity index (χ1v) is 7.76. The van der Waals surface area contributed by atoms with Crippen LogP contribution in [0, 0.1) is 17.8 Å². The van der Waals surface area contributed by atoms with Crippen molar-refractivity contribution in [3.63, 3.8) is 0 Å². The van der Waals surface area contributed by atoms with Gasteiger partial charge in [0.2, 0.25) is 5.91 Å². The van der Waals surface area contributed by atoms with Gasteiger partial charge in [0.1, 0.15) is 0 Å². The number of nitrogens with one attached hydrogen (secondary N) is 1. The van der Waals surface area contributed by atoms with E-state index in [0.717, 1.165) is 24.0 Å². The van der Waals surface area contributed by atoms with Gasteiger partial charge in [-0.3, -0.25) is 4.79 Å². The number of carbonyl (C=O) groups is 1. The van der Waals surface area contributed by atoms with E-state index in [9.17, 15) is 4.79 Å². The van der Waals surface area contributed by atoms with Crippen molar-refractivity contribution in [1.29, 1.82) is 0 Å². The molecule has 1 saturated carbocycles. The van der Waals surface area contributed by atoms with E-state index in [1.54, 1.807) is 0 Å². The number of aliphatic hydroxyl groups excluding tert-OH is 1. The molecule has 0 unspecified atom stereocenters. The monoisotopic (exact) mass is 285 g/mol. The molecule has 112 valence electrons. The number of benzene rings is 1. The van der Waals surface area contributed by atoms with Crippen LogP contribution in [0.3, 0.4) is 0 Å². The summed E-state index contributed by atoms with van der Waals surface area (Å²) in [5.41, 5.74) is 2.03. The van der Waals surface area contributed by atoms with Gasteiger partial charge in [0.05, 0.1) is 6.61 Å². The van der Waals surface area contributed by atoms with Crippen molar-refractivity contribution in [2.45, 2.75) is 45.1 Å². The zero-order chi connectivity index (χ0) is 14.9. The number of carbonyl (C=O) groups excluding carboxylic acids is 1. The van der Waals surface area contributed by atoms with Crippen molar-refractivity contribution in [1.82, 2.24) is 5.32 Å². The Balaban J connectivity index is 1.80. The Morgan fingerprint density at radius 1 is 1.19 bits per heavy atom. The molecule has 0 aliphatic heterocycles. The van der Waals surface area contributed by atoms with E-state index in [-0.39, 0.29) is 18.4 Å². The summed E-state index contributed by atoms with van der Waals surface area (Å²) in [7, 11) is 0. The highest BCUT2D eigenvalue weighted by molar-refractivity contribution is 5.78. The van der Waals surface area contributed by atoms with Gasteiger partial charge in [0.25, 0.3) is 0 Å². The molecule has 0 radical (unpaired) electrons. The lowest BCUT2D eigenvalue weighted by atomic mass is 9.88. The third-order valence-electron chi connectivity index (χ3n) is 3.87. The Hall–Kier alpha value is -1.79. The molecule has 0 saturated heterocycles. The second-order valence-corrected chi connectivity index (χ2v) is 5.53. The molecule has 1 amide bonds. The van der Waals surface area contributed by atoms with Crippen LogP contribution in [0.15, 0.2) is 24.3 Å². The minimum absolute atomic E-state index is 0.0955. The van der Waals surface area contributed by atoms with Crippen LogP contribution in [0.4, 0.5) is 0 Å². The molecule has 1 fully saturated rings. The van der Waals surface area contributed by atoms with Crippen LogP contribution in [0.1, 0.15) is 49.7 Å². The summed E-state index contributed by atoms with van der Waals surface area (Å²) in [5, 5.41) is 11.7. The molecule has 3 nitrogen and oxygen atoms in total. The maximum atomic E-state index is 12.1. The van der Waals surface area contributed by atoms with Crippen molar-refractivity contribution in [3.8, 4) is 11.8 Å². The summed E-state index contributed by atoms with van der Waals surface area (Å²) in [6.45, 7) is 0.679. The molecule has 1 aliphatic carbocycles. The molecule has 0 heterocycles. The largest absolute Gasteiger partial charge is 0.395 e. The van der Waals surface area contributed by atoms with Gasteiger partial charge >= 0.3 is 0 Å². The van der Waals surface area contributed by atoms with Crippen molar-refractivity contribution in [2.24, 2.45) is 5.92 Å². The molecule has 2 rings (SSSR count). The Morgan fingerprint density at radius 2 is 1.90 bits per heavy atom. The van der Waals surface area contributed by atoms with E-state index in [1.807, 2.05) is 24.3 Å². The molecule has 0 atom stereocenters. The summed E-state index contributed by atoms with van der Waals surface area (Å²) in [6, 6.07) is 7.88. The lowest BCUT2D eigenvalue weighted by Crippen LogP contribution is -2.31. The van der Waals surface area contributed by atoms with Crippen molar-refractivity contribution in [2.75, 3.05) is 6.61 Å². The summed E-state index contributed by atoms with van der Waals surface area (Å²) in [6.07, 6.45) is 6.19. The molecule has 1 aliphatic rings. The fraction of sp³-hybridized carbons (Fsp3) is 0.500. The van der Waals surface area contributed by atoms with Crippen LogP contribution >= 0.6 is 0 Å². The van der Waals surface area contributed by atoms with Gasteiger partial charge in [0.15, 0.2) is 0 Å². The van der Waals surface area contributed by atoms with E-state index in [2.05, 4.69) is 17.2 Å². The molecular weight excluding hydrogens is 262 g/mol. The van der Waals surface area contributed by atoms with E-state index in [0.29, 0.717) is 13.0 Å². The van der Waals surface area contributed by atoms with Crippen LogP contribution in [-0.4, -0.2) is 17.6 Å². The van der Waals surface area contributed by atoms with Crippen molar-refractivity contribution >= 4 is 5.91 Å². The van der Waals surface area contributed by atoms with Crippen molar-refractivity contribution < 1.29 is 9.90 Å². The van der Waals surface area contributed by atoms with Gasteiger partial charge < -0.3 is 10.4 Å². The molecule has 0 spiro atoms. The molecule has 3 heteroatoms. The Kier molecular flexibility index (Phi) is 6.30. The molecule has 0 bridgehead atoms. The summed E-state index contributed by atoms with van der Waals surface area (Å²) in [5.74, 6) is 6.29. The van der Waals surface area contributed by atoms with Crippen molar-refractivity contribution in [3.05, 3.63) is 35.4 Å². The summed E-state index contributed by atoms with van der Waals surface area (Å²) in [4.78, 5) is 12.1. The fourth-order valence-electron chi connectivity index (χ4n) is 2.62. The Bertz CT molecular complexity index is 504. The van der Waals surface area contributed by atoms with Crippen LogP contribution in [0.5, 0.6) is 0 Å². The maximum Gasteiger partial charge on any atom is 0.223 e. The number of amides is 1. The molecule has 21 heavy (non-hydrogen) atoms. The predicted molar refractivity (Wildman–Crippen MR) is 83.4 cm³/mol. The van der Waals surface area contributed by atoms with Gasteiger partial charge in [-0.2, -0.15) is 0 Å². The highest BCUT2D eigenvalue weighted by Crippen LogP contribution is 2.23. The van der Waals surface area contributed by atoms with Gasteiger partial charge in [-0.25, -0.2) is 0 Å². The first-order chi connectivity index (χ1) is 10.3. The zero-order valence-electron chi connectivity index (χ0n) is 12.4. The minimum atomic E-state index is 0.0955. The first kappa shape index (κ1) is 15.6.